The highest BCUT2D eigenvalue weighted by Crippen LogP contribution is 2.39. The summed E-state index contributed by atoms with van der Waals surface area (Å²) in [5.74, 6) is 0. The van der Waals surface area contributed by atoms with E-state index in [1.807, 2.05) is 24.3 Å². The molecule has 0 saturated carbocycles. The molecule has 0 radical (unpaired) electrons. The van der Waals surface area contributed by atoms with Crippen LogP contribution in [-0.2, 0) is 0 Å². The molecule has 21 heavy (non-hydrogen) atoms. The Morgan fingerprint density at radius 2 is 1.62 bits per heavy atom. The van der Waals surface area contributed by atoms with E-state index in [0.717, 1.165) is 21.7 Å². The first kappa shape index (κ1) is 14.4. The number of hydrogen-bond donors (Lipinski definition) is 1. The summed E-state index contributed by atoms with van der Waals surface area (Å²) in [7, 11) is 0. The summed E-state index contributed by atoms with van der Waals surface area (Å²) in [6.07, 6.45) is 0. The number of nitrogens with zero attached hydrogens (tertiary/aromatic N) is 1. The molecule has 0 unspecified atom stereocenters. The lowest BCUT2D eigenvalue weighted by atomic mass is 10.1. The Labute approximate surface area is 137 Å². The molecule has 5 heteroatoms. The maximum atomic E-state index is 6.11. The SMILES string of the molecule is Cc1ccc(-c2nc(N)sc2-c2ccc(Cl)c(Cl)c2)cc1. The van der Waals surface area contributed by atoms with Gasteiger partial charge in [0.15, 0.2) is 5.13 Å². The Kier molecular flexibility index (Phi) is 3.89. The lowest BCUT2D eigenvalue weighted by Crippen LogP contribution is -1.85. The molecule has 0 spiro atoms. The van der Waals surface area contributed by atoms with Crippen LogP contribution in [0.2, 0.25) is 10.0 Å². The van der Waals surface area contributed by atoms with Gasteiger partial charge in [0.05, 0.1) is 20.6 Å². The number of thiazole rings is 1. The van der Waals surface area contributed by atoms with Crippen LogP contribution in [0.15, 0.2) is 42.5 Å². The molecule has 0 amide bonds. The minimum Gasteiger partial charge on any atom is -0.375 e. The molecule has 0 aliphatic rings. The third-order valence-electron chi connectivity index (χ3n) is 3.15. The summed E-state index contributed by atoms with van der Waals surface area (Å²) in [4.78, 5) is 5.45. The number of halogens is 2. The summed E-state index contributed by atoms with van der Waals surface area (Å²) in [6, 6.07) is 13.8. The van der Waals surface area contributed by atoms with Gasteiger partial charge in [0.1, 0.15) is 0 Å². The van der Waals surface area contributed by atoms with Crippen LogP contribution in [0.4, 0.5) is 5.13 Å². The van der Waals surface area contributed by atoms with E-state index in [1.54, 1.807) is 6.07 Å². The van der Waals surface area contributed by atoms with Crippen LogP contribution in [0, 0.1) is 6.92 Å². The van der Waals surface area contributed by atoms with E-state index in [9.17, 15) is 0 Å². The zero-order valence-corrected chi connectivity index (χ0v) is 13.6. The number of aromatic nitrogens is 1. The van der Waals surface area contributed by atoms with Gasteiger partial charge in [0, 0.05) is 5.56 Å². The number of benzene rings is 2. The van der Waals surface area contributed by atoms with Crippen LogP contribution < -0.4 is 5.73 Å². The van der Waals surface area contributed by atoms with Crippen LogP contribution in [0.5, 0.6) is 0 Å². The maximum Gasteiger partial charge on any atom is 0.181 e. The van der Waals surface area contributed by atoms with Gasteiger partial charge in [-0.3, -0.25) is 0 Å². The van der Waals surface area contributed by atoms with Crippen molar-refractivity contribution >= 4 is 39.7 Å². The van der Waals surface area contributed by atoms with E-state index in [2.05, 4.69) is 24.0 Å². The van der Waals surface area contributed by atoms with Crippen molar-refractivity contribution in [2.75, 3.05) is 5.73 Å². The van der Waals surface area contributed by atoms with Crippen LogP contribution in [-0.4, -0.2) is 4.98 Å². The standard InChI is InChI=1S/C16H12Cl2N2S/c1-9-2-4-10(5-3-9)14-15(21-16(19)20-14)11-6-7-12(17)13(18)8-11/h2-8H,1H3,(H2,19,20). The first-order chi connectivity index (χ1) is 10.0. The van der Waals surface area contributed by atoms with Crippen LogP contribution >= 0.6 is 34.5 Å². The van der Waals surface area contributed by atoms with Crippen molar-refractivity contribution in [1.29, 1.82) is 0 Å². The van der Waals surface area contributed by atoms with Gasteiger partial charge < -0.3 is 5.73 Å². The highest BCUT2D eigenvalue weighted by atomic mass is 35.5. The largest absolute Gasteiger partial charge is 0.375 e. The molecular weight excluding hydrogens is 323 g/mol. The van der Waals surface area contributed by atoms with E-state index < -0.39 is 0 Å². The Morgan fingerprint density at radius 1 is 0.952 bits per heavy atom. The van der Waals surface area contributed by atoms with Gasteiger partial charge in [-0.05, 0) is 24.6 Å². The number of aryl methyl sites for hydroxylation is 1. The Bertz CT molecular complexity index is 795. The van der Waals surface area contributed by atoms with Crippen molar-refractivity contribution in [2.45, 2.75) is 6.92 Å². The summed E-state index contributed by atoms with van der Waals surface area (Å²) in [6.45, 7) is 2.05. The average molecular weight is 335 g/mol. The predicted molar refractivity (Wildman–Crippen MR) is 92.2 cm³/mol. The lowest BCUT2D eigenvalue weighted by Gasteiger charge is -2.05. The van der Waals surface area contributed by atoms with Crippen molar-refractivity contribution in [3.05, 3.63) is 58.1 Å². The van der Waals surface area contributed by atoms with Gasteiger partial charge in [-0.15, -0.1) is 0 Å². The van der Waals surface area contributed by atoms with E-state index in [-0.39, 0.29) is 0 Å². The summed E-state index contributed by atoms with van der Waals surface area (Å²) >= 11 is 13.5. The topological polar surface area (TPSA) is 38.9 Å². The highest BCUT2D eigenvalue weighted by Gasteiger charge is 2.14. The minimum atomic E-state index is 0.524. The van der Waals surface area contributed by atoms with E-state index >= 15 is 0 Å². The molecule has 2 nitrogen and oxygen atoms in total. The molecule has 3 rings (SSSR count). The normalized spacial score (nSPS) is 10.8. The smallest absolute Gasteiger partial charge is 0.181 e. The second kappa shape index (κ2) is 5.68. The van der Waals surface area contributed by atoms with Crippen molar-refractivity contribution < 1.29 is 0 Å². The number of rotatable bonds is 2. The van der Waals surface area contributed by atoms with E-state index in [1.165, 1.54) is 16.9 Å². The van der Waals surface area contributed by atoms with Crippen molar-refractivity contribution in [1.82, 2.24) is 4.98 Å². The lowest BCUT2D eigenvalue weighted by molar-refractivity contribution is 1.39. The van der Waals surface area contributed by atoms with Crippen molar-refractivity contribution in [2.24, 2.45) is 0 Å². The number of anilines is 1. The zero-order valence-electron chi connectivity index (χ0n) is 11.2. The molecule has 0 bridgehead atoms. The number of hydrogen-bond acceptors (Lipinski definition) is 3. The summed E-state index contributed by atoms with van der Waals surface area (Å²) in [5.41, 5.74) is 9.98. The molecule has 2 aromatic carbocycles. The Balaban J connectivity index is 2.15. The van der Waals surface area contributed by atoms with Crippen LogP contribution in [0.3, 0.4) is 0 Å². The van der Waals surface area contributed by atoms with Gasteiger partial charge in [-0.1, -0.05) is 70.4 Å². The predicted octanol–water partition coefficient (Wildman–Crippen LogP) is 5.67. The molecule has 3 aromatic rings. The fourth-order valence-corrected chi connectivity index (χ4v) is 3.23. The first-order valence-corrected chi connectivity index (χ1v) is 7.90. The molecule has 0 fully saturated rings. The quantitative estimate of drug-likeness (QED) is 0.655. The third kappa shape index (κ3) is 2.91. The van der Waals surface area contributed by atoms with Crippen LogP contribution in [0.1, 0.15) is 5.56 Å². The highest BCUT2D eigenvalue weighted by molar-refractivity contribution is 7.19. The second-order valence-electron chi connectivity index (χ2n) is 4.72. The van der Waals surface area contributed by atoms with Crippen molar-refractivity contribution in [3.63, 3.8) is 0 Å². The van der Waals surface area contributed by atoms with Gasteiger partial charge in [0.25, 0.3) is 0 Å². The van der Waals surface area contributed by atoms with Gasteiger partial charge in [-0.25, -0.2) is 4.98 Å². The number of nitrogens with two attached hydrogens (primary N) is 1. The van der Waals surface area contributed by atoms with E-state index in [4.69, 9.17) is 28.9 Å². The van der Waals surface area contributed by atoms with Gasteiger partial charge >= 0.3 is 0 Å². The molecule has 106 valence electrons. The first-order valence-electron chi connectivity index (χ1n) is 6.33. The third-order valence-corrected chi connectivity index (χ3v) is 4.82. The molecule has 0 saturated heterocycles. The Hall–Kier alpha value is -1.55. The van der Waals surface area contributed by atoms with Gasteiger partial charge in [0.2, 0.25) is 0 Å². The van der Waals surface area contributed by atoms with Crippen LogP contribution in [0.25, 0.3) is 21.7 Å². The van der Waals surface area contributed by atoms with E-state index in [0.29, 0.717) is 15.2 Å². The summed E-state index contributed by atoms with van der Waals surface area (Å²) in [5, 5.41) is 1.59. The molecule has 1 aromatic heterocycles. The molecular formula is C16H12Cl2N2S. The molecule has 0 aliphatic carbocycles. The minimum absolute atomic E-state index is 0.524. The molecule has 0 atom stereocenters. The van der Waals surface area contributed by atoms with Crippen molar-refractivity contribution in [3.8, 4) is 21.7 Å². The molecule has 0 aliphatic heterocycles. The zero-order chi connectivity index (χ0) is 15.0. The number of nitrogen functional groups attached to an aromatic ring is 1. The fourth-order valence-electron chi connectivity index (χ4n) is 2.08. The maximum absolute atomic E-state index is 6.11. The van der Waals surface area contributed by atoms with Gasteiger partial charge in [-0.2, -0.15) is 0 Å². The monoisotopic (exact) mass is 334 g/mol. The second-order valence-corrected chi connectivity index (χ2v) is 6.57. The fraction of sp³-hybridized carbons (Fsp3) is 0.0625. The molecule has 2 N–H and O–H groups in total. The average Bonchev–Trinajstić information content (AvgIpc) is 2.85. The summed E-state index contributed by atoms with van der Waals surface area (Å²) < 4.78 is 0. The molecule has 1 heterocycles. The Morgan fingerprint density at radius 3 is 2.29 bits per heavy atom.